The fraction of sp³-hybridized carbons (Fsp3) is 0.250. The van der Waals surface area contributed by atoms with Crippen LogP contribution in [0.4, 0.5) is 16.0 Å². The lowest BCUT2D eigenvalue weighted by Gasteiger charge is -2.34. The quantitative estimate of drug-likeness (QED) is 0.577. The second kappa shape index (κ2) is 9.41. The summed E-state index contributed by atoms with van der Waals surface area (Å²) >= 11 is 1.46. The van der Waals surface area contributed by atoms with Gasteiger partial charge in [-0.15, -0.1) is 0 Å². The van der Waals surface area contributed by atoms with E-state index in [0.29, 0.717) is 46.9 Å². The Kier molecular flexibility index (Phi) is 6.16. The number of nitrogens with one attached hydrogen (secondary N) is 2. The van der Waals surface area contributed by atoms with Crippen LogP contribution in [0.15, 0.2) is 66.0 Å². The number of carbonyl (C=O) groups excluding carboxylic acids is 2. The number of fused-ring (bicyclic) bond motifs is 1. The molecular weight excluding hydrogens is 469 g/mol. The molecule has 0 spiro atoms. The number of rotatable bonds is 4. The van der Waals surface area contributed by atoms with Gasteiger partial charge in [-0.05, 0) is 24.3 Å². The number of amides is 2. The van der Waals surface area contributed by atoms with Gasteiger partial charge in [0.05, 0.1) is 24.6 Å². The third kappa shape index (κ3) is 4.72. The molecule has 5 rings (SSSR count). The molecule has 0 aliphatic carbocycles. The summed E-state index contributed by atoms with van der Waals surface area (Å²) in [5, 5.41) is 6.21. The second-order valence-electron chi connectivity index (χ2n) is 8.36. The Morgan fingerprint density at radius 3 is 2.63 bits per heavy atom. The molecule has 178 valence electrons. The first-order chi connectivity index (χ1) is 16.9. The molecule has 2 aliphatic rings. The van der Waals surface area contributed by atoms with Crippen molar-refractivity contribution in [3.05, 3.63) is 78.1 Å². The Morgan fingerprint density at radius 2 is 1.89 bits per heavy atom. The molecule has 3 aromatic rings. The summed E-state index contributed by atoms with van der Waals surface area (Å²) in [6, 6.07) is 12.5. The molecule has 11 heteroatoms. The number of nitrogens with zero attached hydrogens (tertiary/aromatic N) is 5. The maximum atomic E-state index is 13.4. The summed E-state index contributed by atoms with van der Waals surface area (Å²) in [5.41, 5.74) is 0.975. The third-order valence-corrected chi connectivity index (χ3v) is 6.98. The molecule has 2 N–H and O–H groups in total. The van der Waals surface area contributed by atoms with Gasteiger partial charge in [-0.2, -0.15) is 0 Å². The molecule has 1 fully saturated rings. The molecule has 9 nitrogen and oxygen atoms in total. The van der Waals surface area contributed by atoms with E-state index in [1.165, 1.54) is 18.7 Å². The predicted molar refractivity (Wildman–Crippen MR) is 132 cm³/mol. The molecule has 1 aromatic carbocycles. The van der Waals surface area contributed by atoms with E-state index in [0.717, 1.165) is 12.4 Å². The van der Waals surface area contributed by atoms with E-state index in [-0.39, 0.29) is 17.7 Å². The van der Waals surface area contributed by atoms with Crippen molar-refractivity contribution in [1.82, 2.24) is 20.3 Å². The Labute approximate surface area is 205 Å². The number of carbonyl (C=O) groups is 2. The molecule has 0 saturated carbocycles. The minimum absolute atomic E-state index is 0.0126. The number of benzene rings is 1. The highest BCUT2D eigenvalue weighted by Crippen LogP contribution is 2.46. The van der Waals surface area contributed by atoms with Crippen molar-refractivity contribution in [3.63, 3.8) is 0 Å². The summed E-state index contributed by atoms with van der Waals surface area (Å²) < 4.78 is 13.4. The van der Waals surface area contributed by atoms with E-state index in [9.17, 15) is 14.0 Å². The lowest BCUT2D eigenvalue weighted by atomic mass is 9.85. The highest BCUT2D eigenvalue weighted by atomic mass is 32.2. The monoisotopic (exact) mass is 491 g/mol. The van der Waals surface area contributed by atoms with Crippen molar-refractivity contribution in [2.45, 2.75) is 12.5 Å². The average Bonchev–Trinajstić information content (AvgIpc) is 3.25. The number of anilines is 2. The van der Waals surface area contributed by atoms with Crippen LogP contribution in [0.1, 0.15) is 23.0 Å². The lowest BCUT2D eigenvalue weighted by Crippen LogP contribution is -2.43. The van der Waals surface area contributed by atoms with E-state index in [1.807, 2.05) is 11.0 Å². The predicted octanol–water partition coefficient (Wildman–Crippen LogP) is 2.83. The van der Waals surface area contributed by atoms with Gasteiger partial charge >= 0.3 is 0 Å². The Morgan fingerprint density at radius 1 is 1.11 bits per heavy atom. The zero-order chi connectivity index (χ0) is 24.4. The van der Waals surface area contributed by atoms with Crippen LogP contribution in [0.25, 0.3) is 0 Å². The van der Waals surface area contributed by atoms with Crippen LogP contribution >= 0.6 is 11.8 Å². The van der Waals surface area contributed by atoms with Gasteiger partial charge in [0.25, 0.3) is 5.91 Å². The lowest BCUT2D eigenvalue weighted by molar-refractivity contribution is -0.114. The molecule has 4 heterocycles. The van der Waals surface area contributed by atoms with Gasteiger partial charge < -0.3 is 15.5 Å². The molecular formula is C24H22FN7O2S. The summed E-state index contributed by atoms with van der Waals surface area (Å²) in [6.07, 6.45) is 3.90. The van der Waals surface area contributed by atoms with Crippen LogP contribution in [0.5, 0.6) is 0 Å². The van der Waals surface area contributed by atoms with E-state index < -0.39 is 11.4 Å². The summed E-state index contributed by atoms with van der Waals surface area (Å²) in [4.78, 5) is 44.3. The fourth-order valence-electron chi connectivity index (χ4n) is 4.35. The first-order valence-electron chi connectivity index (χ1n) is 11.0. The molecule has 2 aromatic heterocycles. The topological polar surface area (TPSA) is 112 Å². The highest BCUT2D eigenvalue weighted by molar-refractivity contribution is 8.13. The van der Waals surface area contributed by atoms with Gasteiger partial charge in [-0.25, -0.2) is 19.4 Å². The standard InChI is InChI=1S/C24H22FN7O2S/c1-15(33)29-19-7-8-26-20(9-19)24-14-32(22-27-10-18(25)11-28-22)12-17(24)13-35-23(31-24)30-21(34)16-5-3-2-4-6-16/h2-11,17H,12-14H2,1H3,(H,26,29,33)(H,30,31,34). The van der Waals surface area contributed by atoms with Crippen molar-refractivity contribution in [1.29, 1.82) is 0 Å². The van der Waals surface area contributed by atoms with E-state index in [4.69, 9.17) is 4.99 Å². The number of aliphatic imine (C=N–C) groups is 1. The number of halogens is 1. The smallest absolute Gasteiger partial charge is 0.257 e. The molecule has 2 unspecified atom stereocenters. The van der Waals surface area contributed by atoms with Crippen LogP contribution < -0.4 is 15.5 Å². The SMILES string of the molecule is CC(=O)Nc1ccnc(C23CN(c4ncc(F)cn4)CC2CSC(NC(=O)c2ccccc2)=N3)c1. The summed E-state index contributed by atoms with van der Waals surface area (Å²) in [6.45, 7) is 2.40. The number of amidine groups is 1. The first kappa shape index (κ1) is 22.9. The summed E-state index contributed by atoms with van der Waals surface area (Å²) in [7, 11) is 0. The molecule has 2 aliphatic heterocycles. The Balaban J connectivity index is 1.52. The van der Waals surface area contributed by atoms with Crippen LogP contribution in [-0.2, 0) is 10.3 Å². The van der Waals surface area contributed by atoms with Gasteiger partial charge in [-0.1, -0.05) is 30.0 Å². The number of hydrogen-bond acceptors (Lipinski definition) is 8. The summed E-state index contributed by atoms with van der Waals surface area (Å²) in [5.74, 6) is 0.123. The maximum absolute atomic E-state index is 13.4. The minimum atomic E-state index is -0.823. The van der Waals surface area contributed by atoms with Crippen molar-refractivity contribution >= 4 is 40.4 Å². The average molecular weight is 492 g/mol. The number of pyridine rings is 1. The second-order valence-corrected chi connectivity index (χ2v) is 9.37. The normalized spacial score (nSPS) is 21.1. The molecule has 0 radical (unpaired) electrons. The van der Waals surface area contributed by atoms with Gasteiger partial charge in [0.15, 0.2) is 11.0 Å². The van der Waals surface area contributed by atoms with Crippen molar-refractivity contribution < 1.29 is 14.0 Å². The zero-order valence-electron chi connectivity index (χ0n) is 18.8. The van der Waals surface area contributed by atoms with Crippen LogP contribution in [0.3, 0.4) is 0 Å². The van der Waals surface area contributed by atoms with Gasteiger partial charge in [0.2, 0.25) is 11.9 Å². The van der Waals surface area contributed by atoms with Gasteiger partial charge in [0, 0.05) is 42.6 Å². The van der Waals surface area contributed by atoms with Crippen molar-refractivity contribution in [2.24, 2.45) is 10.9 Å². The van der Waals surface area contributed by atoms with Crippen LogP contribution in [0.2, 0.25) is 0 Å². The minimum Gasteiger partial charge on any atom is -0.338 e. The van der Waals surface area contributed by atoms with Crippen LogP contribution in [0, 0.1) is 11.7 Å². The molecule has 2 atom stereocenters. The number of thioether (sulfide) groups is 1. The van der Waals surface area contributed by atoms with E-state index in [2.05, 4.69) is 25.6 Å². The maximum Gasteiger partial charge on any atom is 0.257 e. The molecule has 0 bridgehead atoms. The first-order valence-corrected chi connectivity index (χ1v) is 12.0. The van der Waals surface area contributed by atoms with Gasteiger partial charge in [-0.3, -0.25) is 14.6 Å². The fourth-order valence-corrected chi connectivity index (χ4v) is 5.48. The highest BCUT2D eigenvalue weighted by Gasteiger charge is 2.52. The molecule has 2 amide bonds. The van der Waals surface area contributed by atoms with E-state index in [1.54, 1.807) is 42.6 Å². The third-order valence-electron chi connectivity index (χ3n) is 5.94. The Bertz CT molecular complexity index is 1290. The van der Waals surface area contributed by atoms with Gasteiger partial charge in [0.1, 0.15) is 5.54 Å². The van der Waals surface area contributed by atoms with Crippen molar-refractivity contribution in [3.8, 4) is 0 Å². The largest absolute Gasteiger partial charge is 0.338 e. The zero-order valence-corrected chi connectivity index (χ0v) is 19.6. The Hall–Kier alpha value is -3.86. The molecule has 35 heavy (non-hydrogen) atoms. The van der Waals surface area contributed by atoms with Crippen LogP contribution in [-0.4, -0.2) is 50.8 Å². The van der Waals surface area contributed by atoms with E-state index >= 15 is 0 Å². The van der Waals surface area contributed by atoms with Crippen molar-refractivity contribution in [2.75, 3.05) is 29.1 Å². The number of aromatic nitrogens is 3. The molecule has 1 saturated heterocycles. The number of hydrogen-bond donors (Lipinski definition) is 2.